The predicted octanol–water partition coefficient (Wildman–Crippen LogP) is 2.19. The standard InChI is InChI=1S/C15H20N2O4/c1-9(16-18)6-11-13-10(4-5-17(11)2)7-12-14(15(13)19-3)21-8-20-12/h7,11,18H,4-6,8H2,1-3H3/b16-9+/t11-/m1/s1. The van der Waals surface area contributed by atoms with E-state index in [2.05, 4.69) is 17.1 Å². The highest BCUT2D eigenvalue weighted by atomic mass is 16.7. The Morgan fingerprint density at radius 3 is 3.05 bits per heavy atom. The molecule has 2 heterocycles. The number of fused-ring (bicyclic) bond motifs is 2. The number of benzene rings is 1. The van der Waals surface area contributed by atoms with Crippen LogP contribution in [0, 0.1) is 0 Å². The first-order valence-electron chi connectivity index (χ1n) is 7.02. The van der Waals surface area contributed by atoms with Crippen molar-refractivity contribution in [2.45, 2.75) is 25.8 Å². The maximum atomic E-state index is 8.97. The second-order valence-electron chi connectivity index (χ2n) is 5.50. The lowest BCUT2D eigenvalue weighted by molar-refractivity contribution is 0.170. The molecule has 0 saturated heterocycles. The molecule has 6 nitrogen and oxygen atoms in total. The molecule has 0 aromatic heterocycles. The highest BCUT2D eigenvalue weighted by Gasteiger charge is 2.34. The van der Waals surface area contributed by atoms with Crippen LogP contribution in [0.3, 0.4) is 0 Å². The van der Waals surface area contributed by atoms with Crippen LogP contribution in [-0.4, -0.2) is 43.3 Å². The van der Waals surface area contributed by atoms with Crippen LogP contribution < -0.4 is 14.2 Å². The summed E-state index contributed by atoms with van der Waals surface area (Å²) in [7, 11) is 3.72. The van der Waals surface area contributed by atoms with Crippen molar-refractivity contribution in [3.05, 3.63) is 17.2 Å². The predicted molar refractivity (Wildman–Crippen MR) is 77.7 cm³/mol. The van der Waals surface area contributed by atoms with Crippen molar-refractivity contribution in [3.8, 4) is 17.2 Å². The second-order valence-corrected chi connectivity index (χ2v) is 5.50. The van der Waals surface area contributed by atoms with Gasteiger partial charge in [0.1, 0.15) is 0 Å². The van der Waals surface area contributed by atoms with Gasteiger partial charge in [-0.05, 0) is 32.0 Å². The molecule has 0 unspecified atom stereocenters. The van der Waals surface area contributed by atoms with Crippen molar-refractivity contribution in [1.82, 2.24) is 4.90 Å². The van der Waals surface area contributed by atoms with Gasteiger partial charge in [-0.2, -0.15) is 0 Å². The summed E-state index contributed by atoms with van der Waals surface area (Å²) in [6.07, 6.45) is 1.58. The molecule has 6 heteroatoms. The van der Waals surface area contributed by atoms with Gasteiger partial charge >= 0.3 is 0 Å². The number of ether oxygens (including phenoxy) is 3. The molecule has 2 aliphatic heterocycles. The fraction of sp³-hybridized carbons (Fsp3) is 0.533. The Labute approximate surface area is 123 Å². The number of hydrogen-bond acceptors (Lipinski definition) is 6. The van der Waals surface area contributed by atoms with Crippen LogP contribution in [0.4, 0.5) is 0 Å². The van der Waals surface area contributed by atoms with Crippen LogP contribution >= 0.6 is 0 Å². The number of methoxy groups -OCH3 is 1. The van der Waals surface area contributed by atoms with E-state index in [1.165, 1.54) is 5.56 Å². The Morgan fingerprint density at radius 2 is 2.33 bits per heavy atom. The maximum absolute atomic E-state index is 8.97. The van der Waals surface area contributed by atoms with E-state index in [-0.39, 0.29) is 12.8 Å². The van der Waals surface area contributed by atoms with Gasteiger partial charge in [0.25, 0.3) is 0 Å². The number of hydrogen-bond donors (Lipinski definition) is 1. The maximum Gasteiger partial charge on any atom is 0.231 e. The van der Waals surface area contributed by atoms with Gasteiger partial charge in [-0.1, -0.05) is 5.16 Å². The fourth-order valence-electron chi connectivity index (χ4n) is 3.10. The van der Waals surface area contributed by atoms with E-state index in [0.717, 1.165) is 30.0 Å². The molecule has 1 N–H and O–H groups in total. The van der Waals surface area contributed by atoms with Crippen molar-refractivity contribution >= 4 is 5.71 Å². The molecule has 1 atom stereocenters. The molecule has 1 aromatic carbocycles. The van der Waals surface area contributed by atoms with Crippen LogP contribution in [0.1, 0.15) is 30.5 Å². The highest BCUT2D eigenvalue weighted by Crippen LogP contribution is 2.49. The largest absolute Gasteiger partial charge is 0.492 e. The lowest BCUT2D eigenvalue weighted by atomic mass is 9.88. The van der Waals surface area contributed by atoms with Gasteiger partial charge in [-0.3, -0.25) is 4.90 Å². The molecule has 2 aliphatic rings. The van der Waals surface area contributed by atoms with E-state index in [0.29, 0.717) is 17.9 Å². The van der Waals surface area contributed by atoms with Crippen LogP contribution in [0.5, 0.6) is 17.2 Å². The van der Waals surface area contributed by atoms with Crippen LogP contribution in [-0.2, 0) is 6.42 Å². The van der Waals surface area contributed by atoms with Crippen LogP contribution in [0.2, 0.25) is 0 Å². The molecule has 0 amide bonds. The smallest absolute Gasteiger partial charge is 0.231 e. The minimum absolute atomic E-state index is 0.106. The molecule has 21 heavy (non-hydrogen) atoms. The van der Waals surface area contributed by atoms with Gasteiger partial charge in [0, 0.05) is 24.6 Å². The van der Waals surface area contributed by atoms with Crippen molar-refractivity contribution < 1.29 is 19.4 Å². The van der Waals surface area contributed by atoms with E-state index in [1.54, 1.807) is 7.11 Å². The van der Waals surface area contributed by atoms with E-state index in [4.69, 9.17) is 19.4 Å². The first-order chi connectivity index (χ1) is 10.2. The molecule has 0 spiro atoms. The second kappa shape index (κ2) is 5.44. The fourth-order valence-corrected chi connectivity index (χ4v) is 3.10. The summed E-state index contributed by atoms with van der Waals surface area (Å²) in [4.78, 5) is 2.25. The van der Waals surface area contributed by atoms with Gasteiger partial charge in [0.2, 0.25) is 12.5 Å². The average Bonchev–Trinajstić information content (AvgIpc) is 2.95. The van der Waals surface area contributed by atoms with Gasteiger partial charge in [-0.25, -0.2) is 0 Å². The molecule has 0 bridgehead atoms. The molecule has 1 aromatic rings. The highest BCUT2D eigenvalue weighted by molar-refractivity contribution is 5.82. The first kappa shape index (κ1) is 14.0. The monoisotopic (exact) mass is 292 g/mol. The van der Waals surface area contributed by atoms with E-state index >= 15 is 0 Å². The lowest BCUT2D eigenvalue weighted by Gasteiger charge is -2.35. The molecular formula is C15H20N2O4. The van der Waals surface area contributed by atoms with E-state index < -0.39 is 0 Å². The molecule has 3 rings (SSSR count). The molecule has 0 fully saturated rings. The summed E-state index contributed by atoms with van der Waals surface area (Å²) >= 11 is 0. The summed E-state index contributed by atoms with van der Waals surface area (Å²) in [5.41, 5.74) is 3.02. The number of rotatable bonds is 3. The quantitative estimate of drug-likeness (QED) is 0.525. The Bertz CT molecular complexity index is 586. The molecule has 0 aliphatic carbocycles. The van der Waals surface area contributed by atoms with Crippen molar-refractivity contribution in [2.75, 3.05) is 27.5 Å². The zero-order valence-electron chi connectivity index (χ0n) is 12.5. The molecule has 114 valence electrons. The average molecular weight is 292 g/mol. The van der Waals surface area contributed by atoms with Crippen LogP contribution in [0.25, 0.3) is 0 Å². The third-order valence-electron chi connectivity index (χ3n) is 4.21. The van der Waals surface area contributed by atoms with Crippen LogP contribution in [0.15, 0.2) is 11.2 Å². The Balaban J connectivity index is 2.11. The van der Waals surface area contributed by atoms with Gasteiger partial charge in [0.15, 0.2) is 11.5 Å². The summed E-state index contributed by atoms with van der Waals surface area (Å²) < 4.78 is 16.7. The Kier molecular flexibility index (Phi) is 3.63. The normalized spacial score (nSPS) is 21.3. The topological polar surface area (TPSA) is 63.5 Å². The van der Waals surface area contributed by atoms with Crippen molar-refractivity contribution in [2.24, 2.45) is 5.16 Å². The zero-order chi connectivity index (χ0) is 15.0. The Hall–Kier alpha value is -1.95. The number of nitrogens with zero attached hydrogens (tertiary/aromatic N) is 2. The lowest BCUT2D eigenvalue weighted by Crippen LogP contribution is -2.33. The summed E-state index contributed by atoms with van der Waals surface area (Å²) in [5.74, 6) is 2.17. The molecule has 0 saturated carbocycles. The van der Waals surface area contributed by atoms with E-state index in [1.807, 2.05) is 13.0 Å². The minimum Gasteiger partial charge on any atom is -0.492 e. The van der Waals surface area contributed by atoms with Crippen molar-refractivity contribution in [1.29, 1.82) is 0 Å². The van der Waals surface area contributed by atoms with Gasteiger partial charge in [0.05, 0.1) is 12.8 Å². The zero-order valence-corrected chi connectivity index (χ0v) is 12.5. The number of likely N-dealkylation sites (N-methyl/N-ethyl adjacent to an activating group) is 1. The first-order valence-corrected chi connectivity index (χ1v) is 7.02. The molecule has 0 radical (unpaired) electrons. The third-order valence-corrected chi connectivity index (χ3v) is 4.21. The summed E-state index contributed by atoms with van der Waals surface area (Å²) in [5, 5.41) is 12.3. The van der Waals surface area contributed by atoms with E-state index in [9.17, 15) is 0 Å². The molecular weight excluding hydrogens is 272 g/mol. The SMILES string of the molecule is COc1c2c(cc3c1[C@@H](C/C(C)=N/O)N(C)CC3)OCO2. The van der Waals surface area contributed by atoms with Gasteiger partial charge < -0.3 is 19.4 Å². The van der Waals surface area contributed by atoms with Gasteiger partial charge in [-0.15, -0.1) is 0 Å². The summed E-state index contributed by atoms with van der Waals surface area (Å²) in [6.45, 7) is 2.99. The minimum atomic E-state index is 0.106. The van der Waals surface area contributed by atoms with Crippen molar-refractivity contribution in [3.63, 3.8) is 0 Å². The summed E-state index contributed by atoms with van der Waals surface area (Å²) in [6, 6.07) is 2.15. The number of oxime groups is 1. The Morgan fingerprint density at radius 1 is 1.52 bits per heavy atom. The third kappa shape index (κ3) is 2.29.